The fraction of sp³-hybridized carbons (Fsp3) is 0.417. The van der Waals surface area contributed by atoms with E-state index in [0.29, 0.717) is 11.8 Å². The third-order valence-electron chi connectivity index (χ3n) is 2.72. The van der Waals surface area contributed by atoms with Crippen LogP contribution in [0.15, 0.2) is 30.3 Å². The van der Waals surface area contributed by atoms with Crippen LogP contribution in [-0.2, 0) is 4.74 Å². The Bertz CT molecular complexity index is 359. The molecule has 0 aromatic heterocycles. The molecule has 0 atom stereocenters. The molecular formula is C12H20N4OS. The summed E-state index contributed by atoms with van der Waals surface area (Å²) in [6, 6.07) is 9.67. The van der Waals surface area contributed by atoms with Gasteiger partial charge in [0.15, 0.2) is 5.79 Å². The van der Waals surface area contributed by atoms with E-state index >= 15 is 0 Å². The SMILES string of the molecule is CNC(COC(=S)Nc1ccccc1)(NC)NC. The van der Waals surface area contributed by atoms with Gasteiger partial charge in [-0.05, 0) is 45.5 Å². The highest BCUT2D eigenvalue weighted by Crippen LogP contribution is 2.06. The number of anilines is 1. The number of thiocarbonyl (C=S) groups is 1. The standard InChI is InChI=1S/C12H20N4OS/c1-13-12(14-2,15-3)9-17-11(18)16-10-7-5-4-6-8-10/h4-8,13-15H,9H2,1-3H3,(H,16,18). The molecule has 0 saturated carbocycles. The van der Waals surface area contributed by atoms with E-state index in [1.165, 1.54) is 0 Å². The quantitative estimate of drug-likeness (QED) is 0.450. The molecule has 1 aromatic carbocycles. The molecule has 0 heterocycles. The van der Waals surface area contributed by atoms with Crippen molar-refractivity contribution in [2.75, 3.05) is 33.1 Å². The molecular weight excluding hydrogens is 248 g/mol. The molecule has 6 heteroatoms. The van der Waals surface area contributed by atoms with Crippen molar-refractivity contribution in [1.82, 2.24) is 16.0 Å². The minimum Gasteiger partial charge on any atom is -0.466 e. The molecule has 0 unspecified atom stereocenters. The lowest BCUT2D eigenvalue weighted by Gasteiger charge is -2.32. The van der Waals surface area contributed by atoms with Crippen molar-refractivity contribution in [2.24, 2.45) is 0 Å². The third-order valence-corrected chi connectivity index (χ3v) is 2.94. The number of para-hydroxylation sites is 1. The number of hydrogen-bond acceptors (Lipinski definition) is 5. The lowest BCUT2D eigenvalue weighted by atomic mass is 10.3. The predicted octanol–water partition coefficient (Wildman–Crippen LogP) is 0.712. The molecule has 18 heavy (non-hydrogen) atoms. The summed E-state index contributed by atoms with van der Waals surface area (Å²) in [6.07, 6.45) is 0. The van der Waals surface area contributed by atoms with E-state index in [0.717, 1.165) is 5.69 Å². The Morgan fingerprint density at radius 2 is 1.67 bits per heavy atom. The van der Waals surface area contributed by atoms with Gasteiger partial charge in [0.05, 0.1) is 0 Å². The minimum atomic E-state index is -0.498. The van der Waals surface area contributed by atoms with Crippen LogP contribution in [-0.4, -0.2) is 38.7 Å². The molecule has 0 spiro atoms. The first-order chi connectivity index (χ1) is 8.65. The van der Waals surface area contributed by atoms with E-state index in [9.17, 15) is 0 Å². The first-order valence-corrected chi connectivity index (χ1v) is 6.12. The highest BCUT2D eigenvalue weighted by atomic mass is 32.1. The molecule has 1 rings (SSSR count). The summed E-state index contributed by atoms with van der Waals surface area (Å²) in [5.74, 6) is -0.498. The number of nitrogens with one attached hydrogen (secondary N) is 4. The van der Waals surface area contributed by atoms with Gasteiger partial charge in [-0.3, -0.25) is 16.0 Å². The second kappa shape index (κ2) is 7.27. The molecule has 0 amide bonds. The number of ether oxygens (including phenoxy) is 1. The van der Waals surface area contributed by atoms with Gasteiger partial charge in [-0.1, -0.05) is 18.2 Å². The Kier molecular flexibility index (Phi) is 6.00. The maximum Gasteiger partial charge on any atom is 0.261 e. The molecule has 4 N–H and O–H groups in total. The zero-order valence-electron chi connectivity index (χ0n) is 10.9. The Morgan fingerprint density at radius 3 is 2.17 bits per heavy atom. The molecule has 0 aliphatic carbocycles. The maximum atomic E-state index is 5.52. The first kappa shape index (κ1) is 14.8. The number of rotatable bonds is 6. The van der Waals surface area contributed by atoms with Gasteiger partial charge in [0.2, 0.25) is 0 Å². The monoisotopic (exact) mass is 268 g/mol. The van der Waals surface area contributed by atoms with Crippen LogP contribution in [0.25, 0.3) is 0 Å². The maximum absolute atomic E-state index is 5.52. The van der Waals surface area contributed by atoms with Crippen LogP contribution < -0.4 is 21.3 Å². The van der Waals surface area contributed by atoms with E-state index in [-0.39, 0.29) is 0 Å². The zero-order valence-corrected chi connectivity index (χ0v) is 11.7. The topological polar surface area (TPSA) is 57.4 Å². The van der Waals surface area contributed by atoms with Crippen LogP contribution in [0.5, 0.6) is 0 Å². The van der Waals surface area contributed by atoms with Crippen molar-refractivity contribution in [3.8, 4) is 0 Å². The zero-order chi connectivity index (χ0) is 13.4. The average molecular weight is 268 g/mol. The van der Waals surface area contributed by atoms with Crippen LogP contribution in [0.4, 0.5) is 5.69 Å². The average Bonchev–Trinajstić information content (AvgIpc) is 2.42. The highest BCUT2D eigenvalue weighted by Gasteiger charge is 2.24. The Balaban J connectivity index is 2.46. The highest BCUT2D eigenvalue weighted by molar-refractivity contribution is 7.80. The van der Waals surface area contributed by atoms with Gasteiger partial charge in [0.25, 0.3) is 5.17 Å². The third kappa shape index (κ3) is 4.23. The smallest absolute Gasteiger partial charge is 0.261 e. The Labute approximate surface area is 113 Å². The van der Waals surface area contributed by atoms with Gasteiger partial charge in [-0.25, -0.2) is 0 Å². The number of hydrogen-bond donors (Lipinski definition) is 4. The van der Waals surface area contributed by atoms with Crippen LogP contribution in [0.3, 0.4) is 0 Å². The van der Waals surface area contributed by atoms with Gasteiger partial charge in [-0.2, -0.15) is 0 Å². The molecule has 0 saturated heterocycles. The van der Waals surface area contributed by atoms with Crippen LogP contribution in [0, 0.1) is 0 Å². The van der Waals surface area contributed by atoms with Crippen LogP contribution in [0.2, 0.25) is 0 Å². The van der Waals surface area contributed by atoms with Crippen molar-refractivity contribution < 1.29 is 4.74 Å². The molecule has 5 nitrogen and oxygen atoms in total. The largest absolute Gasteiger partial charge is 0.466 e. The van der Waals surface area contributed by atoms with Crippen molar-refractivity contribution in [3.63, 3.8) is 0 Å². The summed E-state index contributed by atoms with van der Waals surface area (Å²) in [4.78, 5) is 0. The lowest BCUT2D eigenvalue weighted by Crippen LogP contribution is -2.66. The van der Waals surface area contributed by atoms with Crippen LogP contribution in [0.1, 0.15) is 0 Å². The van der Waals surface area contributed by atoms with Gasteiger partial charge in [0, 0.05) is 5.69 Å². The number of benzene rings is 1. The van der Waals surface area contributed by atoms with Gasteiger partial charge >= 0.3 is 0 Å². The molecule has 0 radical (unpaired) electrons. The van der Waals surface area contributed by atoms with Gasteiger partial charge in [0.1, 0.15) is 6.61 Å². The predicted molar refractivity (Wildman–Crippen MR) is 78.5 cm³/mol. The summed E-state index contributed by atoms with van der Waals surface area (Å²) in [7, 11) is 5.51. The first-order valence-electron chi connectivity index (χ1n) is 5.71. The van der Waals surface area contributed by atoms with E-state index in [1.54, 1.807) is 0 Å². The molecule has 0 fully saturated rings. The van der Waals surface area contributed by atoms with Crippen molar-refractivity contribution in [2.45, 2.75) is 5.79 Å². The van der Waals surface area contributed by atoms with E-state index in [2.05, 4.69) is 21.3 Å². The van der Waals surface area contributed by atoms with Crippen molar-refractivity contribution in [1.29, 1.82) is 0 Å². The van der Waals surface area contributed by atoms with E-state index < -0.39 is 5.79 Å². The molecule has 1 aromatic rings. The Morgan fingerprint density at radius 1 is 1.11 bits per heavy atom. The normalized spacial score (nSPS) is 11.1. The number of likely N-dealkylation sites (N-methyl/N-ethyl adjacent to an activating group) is 3. The molecule has 100 valence electrons. The van der Waals surface area contributed by atoms with Gasteiger partial charge in [-0.15, -0.1) is 0 Å². The summed E-state index contributed by atoms with van der Waals surface area (Å²) in [6.45, 7) is 0.356. The fourth-order valence-electron chi connectivity index (χ4n) is 1.44. The molecule has 0 aliphatic heterocycles. The second-order valence-corrected chi connectivity index (χ2v) is 4.09. The van der Waals surface area contributed by atoms with Crippen molar-refractivity contribution in [3.05, 3.63) is 30.3 Å². The minimum absolute atomic E-state index is 0.339. The Hall–Kier alpha value is -1.21. The fourth-order valence-corrected chi connectivity index (χ4v) is 1.62. The summed E-state index contributed by atoms with van der Waals surface area (Å²) >= 11 is 5.13. The lowest BCUT2D eigenvalue weighted by molar-refractivity contribution is 0.130. The summed E-state index contributed by atoms with van der Waals surface area (Å²) < 4.78 is 5.52. The van der Waals surface area contributed by atoms with E-state index in [1.807, 2.05) is 51.5 Å². The molecule has 0 bridgehead atoms. The van der Waals surface area contributed by atoms with Crippen molar-refractivity contribution >= 4 is 23.1 Å². The second-order valence-electron chi connectivity index (χ2n) is 3.72. The van der Waals surface area contributed by atoms with E-state index in [4.69, 9.17) is 17.0 Å². The van der Waals surface area contributed by atoms with Crippen LogP contribution >= 0.6 is 12.2 Å². The van der Waals surface area contributed by atoms with Gasteiger partial charge < -0.3 is 10.1 Å². The molecule has 0 aliphatic rings. The summed E-state index contributed by atoms with van der Waals surface area (Å²) in [5, 5.41) is 12.7. The summed E-state index contributed by atoms with van der Waals surface area (Å²) in [5.41, 5.74) is 0.909.